The summed E-state index contributed by atoms with van der Waals surface area (Å²) in [4.78, 5) is 160. The minimum absolute atomic E-state index is 0.0138. The number of urea groups is 1. The Hall–Kier alpha value is -9.81. The Morgan fingerprint density at radius 1 is 0.784 bits per heavy atom. The number of carbonyl (C=O) groups is 10. The van der Waals surface area contributed by atoms with E-state index in [4.69, 9.17) is 4.42 Å². The largest absolute Gasteiger partial charge is 0.508 e. The summed E-state index contributed by atoms with van der Waals surface area (Å²) in [5.41, 5.74) is 2.01. The zero-order valence-corrected chi connectivity index (χ0v) is 59.1. The highest BCUT2D eigenvalue weighted by Crippen LogP contribution is 2.42. The summed E-state index contributed by atoms with van der Waals surface area (Å²) in [6.07, 6.45) is -2.22. The number of rotatable bonds is 22. The van der Waals surface area contributed by atoms with Gasteiger partial charge in [-0.05, 0) is 113 Å². The van der Waals surface area contributed by atoms with Crippen LogP contribution in [0.2, 0.25) is 0 Å². The van der Waals surface area contributed by atoms with Crippen molar-refractivity contribution in [1.29, 1.82) is 0 Å². The molecule has 102 heavy (non-hydrogen) atoms. The first-order valence-electron chi connectivity index (χ1n) is 32.5. The van der Waals surface area contributed by atoms with Gasteiger partial charge in [-0.3, -0.25) is 48.5 Å². The van der Waals surface area contributed by atoms with E-state index in [1.165, 1.54) is 90.0 Å². The van der Waals surface area contributed by atoms with Gasteiger partial charge in [0.25, 0.3) is 0 Å². The number of carboxylic acid groups (broad SMARTS) is 2. The number of halogens is 1. The summed E-state index contributed by atoms with van der Waals surface area (Å²) in [5.74, 6) is -9.04. The first-order chi connectivity index (χ1) is 48.7. The van der Waals surface area contributed by atoms with Gasteiger partial charge in [-0.15, -0.1) is 0 Å². The summed E-state index contributed by atoms with van der Waals surface area (Å²) in [7, 11) is 2.32. The number of nitrogens with zero attached hydrogens (tertiary/aromatic N) is 2. The standard InChI is InChI=1S/C69H77IN12O18S2/c1-34(2)19-48-61(90)74-35(3)31-101-102-32-53(67(96)82-30-42(85)25-54(82)66(95)80-50(22-37-9-16-55(86)47(70)20-37)63(92)79-52(28-59(88)89)65(94)77-48)81-64(93)51(24-39-29-71-33-73-39)78-62(91)49(21-36-7-5-4-6-8-36)76-58(87)17-18-72-69(99)75-38-10-13-43(46(23-38)68(97)98)60-44-14-11-40(83)26-56(44)100-57-27-41(84)12-15-45(57)60/h4-16,20,23,26-27,29,33-35,42,48-54,62,78,83,85-86,91H,17-19,21-22,24-25,28,30-32H2,1-3H3,(H,71,73)(H,74,90)(H,76,87)(H,77,94)(H,79,92)(H,80,95)(H,81,93)(H,88,89)(H,97,98)(H2,72,75,99)/t35-,42?,48+,49+,50+,51+,52+,53+,54+,62-/m1/s1. The van der Waals surface area contributed by atoms with Crippen LogP contribution in [0.5, 0.6) is 11.5 Å². The van der Waals surface area contributed by atoms with Crippen molar-refractivity contribution in [3.8, 4) is 33.9 Å². The van der Waals surface area contributed by atoms with Crippen LogP contribution in [0.4, 0.5) is 10.5 Å². The van der Waals surface area contributed by atoms with Crippen LogP contribution >= 0.6 is 44.2 Å². The molecule has 0 saturated carbocycles. The Kier molecular flexibility index (Phi) is 26.3. The van der Waals surface area contributed by atoms with Crippen molar-refractivity contribution in [2.75, 3.05) is 29.9 Å². The van der Waals surface area contributed by atoms with E-state index in [1.807, 2.05) is 22.6 Å². The Labute approximate surface area is 605 Å². The second-order valence-corrected chi connectivity index (χ2v) is 28.9. The molecule has 3 aliphatic heterocycles. The number of imidazole rings is 1. The first-order valence-corrected chi connectivity index (χ1v) is 36.0. The number of anilines is 1. The van der Waals surface area contributed by atoms with Gasteiger partial charge < -0.3 is 87.5 Å². The molecule has 9 amide bonds. The normalized spacial score (nSPS) is 20.4. The molecule has 0 spiro atoms. The van der Waals surface area contributed by atoms with Crippen LogP contribution in [0.15, 0.2) is 125 Å². The number of aromatic nitrogens is 2. The van der Waals surface area contributed by atoms with Crippen molar-refractivity contribution in [3.05, 3.63) is 152 Å². The maximum atomic E-state index is 15.2. The number of fused-ring (bicyclic) bond motifs is 3. The number of carbonyl (C=O) groups excluding carboxylic acids is 8. The molecule has 33 heteroatoms. The number of carboxylic acids is 2. The molecular weight excluding hydrogens is 1480 g/mol. The highest BCUT2D eigenvalue weighted by molar-refractivity contribution is 14.1. The van der Waals surface area contributed by atoms with E-state index in [2.05, 4.69) is 57.8 Å². The van der Waals surface area contributed by atoms with Gasteiger partial charge in [-0.2, -0.15) is 0 Å². The Balaban J connectivity index is 0.928. The molecule has 1 unspecified atom stereocenters. The fourth-order valence-corrected chi connectivity index (χ4v) is 14.8. The van der Waals surface area contributed by atoms with Gasteiger partial charge in [-0.25, -0.2) is 14.6 Å². The lowest BCUT2D eigenvalue weighted by Crippen LogP contribution is -2.61. The number of phenolic OH excluding ortho intramolecular Hbond substituents is 2. The van der Waals surface area contributed by atoms with Crippen molar-refractivity contribution in [3.63, 3.8) is 0 Å². The number of H-pyrrole nitrogens is 1. The molecule has 0 bridgehead atoms. The number of hydrogen-bond acceptors (Lipinski definition) is 20. The van der Waals surface area contributed by atoms with Gasteiger partial charge in [0, 0.05) is 96.9 Å². The van der Waals surface area contributed by atoms with E-state index in [-0.39, 0.29) is 108 Å². The molecule has 4 aromatic carbocycles. The summed E-state index contributed by atoms with van der Waals surface area (Å²) >= 11 is 1.86. The van der Waals surface area contributed by atoms with E-state index in [1.54, 1.807) is 57.2 Å². The monoisotopic (exact) mass is 1550 g/mol. The van der Waals surface area contributed by atoms with E-state index in [0.717, 1.165) is 15.7 Å². The molecule has 1 aromatic heterocycles. The molecule has 4 heterocycles. The Bertz CT molecular complexity index is 4260. The van der Waals surface area contributed by atoms with Gasteiger partial charge in [0.15, 0.2) is 5.43 Å². The molecule has 10 atom stereocenters. The number of aromatic hydroxyl groups is 2. The number of benzene rings is 5. The third-order valence-corrected chi connectivity index (χ3v) is 20.2. The van der Waals surface area contributed by atoms with Crippen LogP contribution in [-0.2, 0) is 57.6 Å². The van der Waals surface area contributed by atoms with Crippen molar-refractivity contribution in [2.45, 2.75) is 126 Å². The number of phenols is 2. The maximum absolute atomic E-state index is 15.2. The summed E-state index contributed by atoms with van der Waals surface area (Å²) in [6, 6.07) is 14.0. The van der Waals surface area contributed by atoms with Gasteiger partial charge in [0.1, 0.15) is 59.3 Å². The summed E-state index contributed by atoms with van der Waals surface area (Å²) < 4.78 is 6.29. The molecule has 2 fully saturated rings. The highest BCUT2D eigenvalue weighted by atomic mass is 127. The highest BCUT2D eigenvalue weighted by Gasteiger charge is 2.44. The molecule has 16 N–H and O–H groups in total. The van der Waals surface area contributed by atoms with Crippen LogP contribution in [0, 0.1) is 9.49 Å². The van der Waals surface area contributed by atoms with Crippen LogP contribution < -0.4 is 53.3 Å². The van der Waals surface area contributed by atoms with E-state index in [0.29, 0.717) is 36.9 Å². The molecule has 2 saturated heterocycles. The molecule has 9 rings (SSSR count). The van der Waals surface area contributed by atoms with Crippen molar-refractivity contribution in [1.82, 2.24) is 57.4 Å². The van der Waals surface area contributed by atoms with Gasteiger partial charge in [-0.1, -0.05) is 77.9 Å². The van der Waals surface area contributed by atoms with Gasteiger partial charge in [0.2, 0.25) is 41.4 Å². The molecule has 30 nitrogen and oxygen atoms in total. The minimum atomic E-state index is -1.77. The van der Waals surface area contributed by atoms with E-state index in [9.17, 15) is 73.8 Å². The zero-order chi connectivity index (χ0) is 73.5. The molecule has 540 valence electrons. The Morgan fingerprint density at radius 2 is 1.50 bits per heavy atom. The minimum Gasteiger partial charge on any atom is -0.508 e. The second kappa shape index (κ2) is 35.2. The average molecular weight is 1550 g/mol. The van der Waals surface area contributed by atoms with Crippen LogP contribution in [0.1, 0.15) is 73.6 Å². The van der Waals surface area contributed by atoms with E-state index >= 15 is 9.59 Å². The molecular formula is C69H77IN12O18S2. The number of aromatic carboxylic acids is 1. The van der Waals surface area contributed by atoms with Crippen LogP contribution in [0.25, 0.3) is 33.4 Å². The Morgan fingerprint density at radius 3 is 2.22 bits per heavy atom. The molecule has 1 aliphatic carbocycles. The van der Waals surface area contributed by atoms with Gasteiger partial charge >= 0.3 is 18.0 Å². The number of nitrogens with one attached hydrogen (secondary N) is 10. The first kappa shape index (κ1) is 76.4. The molecule has 0 radical (unpaired) electrons. The number of aliphatic hydroxyl groups excluding tert-OH is 2. The van der Waals surface area contributed by atoms with Crippen molar-refractivity contribution in [2.24, 2.45) is 5.92 Å². The third-order valence-electron chi connectivity index (χ3n) is 16.7. The number of aliphatic carboxylic acids is 1. The van der Waals surface area contributed by atoms with Crippen molar-refractivity contribution >= 4 is 120 Å². The number of amides is 9. The zero-order valence-electron chi connectivity index (χ0n) is 55.3. The molecule has 5 aromatic rings. The fourth-order valence-electron chi connectivity index (χ4n) is 11.8. The SMILES string of the molecule is CC(C)C[C@@H]1NC(=O)[C@H](CC(=O)O)NC(=O)[C@H](Cc2ccc(O)c(I)c2)NC(=O)[C@@H]2CC(O)CN2C(=O)[C@@H](NC(=O)[C@H](Cc2c[nH]cn2)N[C@H](O)[C@H](Cc2ccccc2)NC(=O)CCNC(=O)Nc2ccc(-c3c4ccc(=O)cc-4oc4cc(O)ccc34)c(C(=O)O)c2)CSSC[C@@H](C)NC1=O. The van der Waals surface area contributed by atoms with E-state index < -0.39 is 133 Å². The summed E-state index contributed by atoms with van der Waals surface area (Å²) in [6.45, 7) is 4.61. The predicted octanol–water partition coefficient (Wildman–Crippen LogP) is 3.32. The van der Waals surface area contributed by atoms with Crippen molar-refractivity contribution < 1.29 is 83.0 Å². The quantitative estimate of drug-likeness (QED) is 0.0200. The van der Waals surface area contributed by atoms with Crippen LogP contribution in [-0.4, -0.2) is 190 Å². The smallest absolute Gasteiger partial charge is 0.336 e. The number of hydrogen-bond donors (Lipinski definition) is 16. The second-order valence-electron chi connectivity index (χ2n) is 25.1. The fraction of sp³-hybridized carbons (Fsp3) is 0.362. The number of aromatic amines is 1. The topological polar surface area (TPSA) is 462 Å². The number of aliphatic hydroxyl groups is 2. The lowest BCUT2D eigenvalue weighted by molar-refractivity contribution is -0.142. The average Bonchev–Trinajstić information content (AvgIpc) is 0.875. The van der Waals surface area contributed by atoms with Gasteiger partial charge in [0.05, 0.1) is 45.8 Å². The third kappa shape index (κ3) is 20.7. The lowest BCUT2D eigenvalue weighted by Gasteiger charge is -2.32. The summed E-state index contributed by atoms with van der Waals surface area (Å²) in [5, 5.41) is 89.1. The molecule has 4 aliphatic rings. The lowest BCUT2D eigenvalue weighted by atomic mass is 9.90. The maximum Gasteiger partial charge on any atom is 0.336 e. The predicted molar refractivity (Wildman–Crippen MR) is 385 cm³/mol. The van der Waals surface area contributed by atoms with Crippen LogP contribution in [0.3, 0.4) is 0 Å².